The Kier molecular flexibility index (Phi) is 12.2. The number of esters is 1. The number of hydrogen-bond donors (Lipinski definition) is 0. The Morgan fingerprint density at radius 3 is 1.92 bits per heavy atom. The van der Waals surface area contributed by atoms with E-state index in [1.54, 1.807) is 0 Å². The van der Waals surface area contributed by atoms with Crippen molar-refractivity contribution in [1.29, 1.82) is 0 Å². The summed E-state index contributed by atoms with van der Waals surface area (Å²) in [7, 11) is 6.00. The zero-order valence-electron chi connectivity index (χ0n) is 8.89. The van der Waals surface area contributed by atoms with Gasteiger partial charge in [-0.1, -0.05) is 6.92 Å². The standard InChI is InChI=1S/C6H12O2.C3H9N/c1-3-5-6(7)8-4-2;1-4(2)3/h3-5H2,1-2H3;1-3H3. The van der Waals surface area contributed by atoms with Crippen molar-refractivity contribution in [2.45, 2.75) is 26.7 Å². The summed E-state index contributed by atoms with van der Waals surface area (Å²) in [6, 6.07) is 0. The Morgan fingerprint density at radius 2 is 1.67 bits per heavy atom. The van der Waals surface area contributed by atoms with E-state index in [1.165, 1.54) is 0 Å². The lowest BCUT2D eigenvalue weighted by Gasteiger charge is -1.96. The molecule has 3 nitrogen and oxygen atoms in total. The van der Waals surface area contributed by atoms with Gasteiger partial charge in [-0.3, -0.25) is 4.79 Å². The summed E-state index contributed by atoms with van der Waals surface area (Å²) in [6.07, 6.45) is 1.42. The highest BCUT2D eigenvalue weighted by atomic mass is 16.5. The summed E-state index contributed by atoms with van der Waals surface area (Å²) >= 11 is 0. The topological polar surface area (TPSA) is 29.5 Å². The summed E-state index contributed by atoms with van der Waals surface area (Å²) in [5.74, 6) is -0.0880. The van der Waals surface area contributed by atoms with Crippen molar-refractivity contribution in [2.75, 3.05) is 27.7 Å². The van der Waals surface area contributed by atoms with Crippen LogP contribution in [0.25, 0.3) is 0 Å². The Balaban J connectivity index is 0. The number of carbonyl (C=O) groups is 1. The first-order chi connectivity index (χ1) is 5.54. The second kappa shape index (κ2) is 10.4. The van der Waals surface area contributed by atoms with Crippen molar-refractivity contribution in [2.24, 2.45) is 0 Å². The Hall–Kier alpha value is -0.570. The molecule has 0 aromatic carbocycles. The van der Waals surface area contributed by atoms with Crippen LogP contribution in [-0.2, 0) is 9.53 Å². The first-order valence-electron chi connectivity index (χ1n) is 4.31. The monoisotopic (exact) mass is 175 g/mol. The van der Waals surface area contributed by atoms with Crippen LogP contribution < -0.4 is 0 Å². The summed E-state index contributed by atoms with van der Waals surface area (Å²) < 4.78 is 4.64. The zero-order chi connectivity index (χ0) is 9.98. The maximum atomic E-state index is 10.4. The average Bonchev–Trinajstić information content (AvgIpc) is 1.87. The van der Waals surface area contributed by atoms with Crippen molar-refractivity contribution in [3.63, 3.8) is 0 Å². The molecule has 0 saturated carbocycles. The Bertz CT molecular complexity index is 91.9. The van der Waals surface area contributed by atoms with Gasteiger partial charge in [-0.25, -0.2) is 0 Å². The average molecular weight is 175 g/mol. The van der Waals surface area contributed by atoms with Crippen LogP contribution >= 0.6 is 0 Å². The minimum atomic E-state index is -0.0880. The van der Waals surface area contributed by atoms with Gasteiger partial charge in [0.1, 0.15) is 0 Å². The van der Waals surface area contributed by atoms with Crippen LogP contribution in [0.5, 0.6) is 0 Å². The largest absolute Gasteiger partial charge is 0.466 e. The Morgan fingerprint density at radius 1 is 1.25 bits per heavy atom. The van der Waals surface area contributed by atoms with E-state index in [4.69, 9.17) is 0 Å². The van der Waals surface area contributed by atoms with Gasteiger partial charge < -0.3 is 9.64 Å². The van der Waals surface area contributed by atoms with Crippen molar-refractivity contribution < 1.29 is 9.53 Å². The van der Waals surface area contributed by atoms with Gasteiger partial charge >= 0.3 is 5.97 Å². The zero-order valence-corrected chi connectivity index (χ0v) is 8.89. The third-order valence-corrected chi connectivity index (χ3v) is 0.759. The molecule has 0 amide bonds. The minimum absolute atomic E-state index is 0.0880. The summed E-state index contributed by atoms with van der Waals surface area (Å²) in [4.78, 5) is 12.4. The molecule has 0 unspecified atom stereocenters. The van der Waals surface area contributed by atoms with Crippen molar-refractivity contribution in [3.05, 3.63) is 0 Å². The van der Waals surface area contributed by atoms with Crippen LogP contribution in [-0.4, -0.2) is 38.6 Å². The predicted molar refractivity (Wildman–Crippen MR) is 51.2 cm³/mol. The Labute approximate surface area is 75.7 Å². The van der Waals surface area contributed by atoms with Crippen LogP contribution in [0.1, 0.15) is 26.7 Å². The lowest BCUT2D eigenvalue weighted by Crippen LogP contribution is -2.01. The van der Waals surface area contributed by atoms with Gasteiger partial charge in [0.2, 0.25) is 0 Å². The summed E-state index contributed by atoms with van der Waals surface area (Å²) in [5.41, 5.74) is 0. The third-order valence-electron chi connectivity index (χ3n) is 0.759. The highest BCUT2D eigenvalue weighted by Gasteiger charge is 1.95. The molecule has 0 bridgehead atoms. The molecule has 0 aromatic heterocycles. The van der Waals surface area contributed by atoms with E-state index in [0.29, 0.717) is 13.0 Å². The lowest BCUT2D eigenvalue weighted by molar-refractivity contribution is -0.143. The van der Waals surface area contributed by atoms with Gasteiger partial charge in [0.25, 0.3) is 0 Å². The second-order valence-electron chi connectivity index (χ2n) is 2.90. The van der Waals surface area contributed by atoms with Crippen molar-refractivity contribution in [3.8, 4) is 0 Å². The van der Waals surface area contributed by atoms with Gasteiger partial charge in [0, 0.05) is 6.42 Å². The van der Waals surface area contributed by atoms with E-state index in [2.05, 4.69) is 4.74 Å². The molecule has 0 aliphatic rings. The fourth-order valence-corrected chi connectivity index (χ4v) is 0.437. The second-order valence-corrected chi connectivity index (χ2v) is 2.90. The van der Waals surface area contributed by atoms with Gasteiger partial charge in [-0.15, -0.1) is 0 Å². The molecule has 0 aromatic rings. The van der Waals surface area contributed by atoms with E-state index >= 15 is 0 Å². The highest BCUT2D eigenvalue weighted by Crippen LogP contribution is 1.89. The molecule has 0 rings (SSSR count). The molecule has 0 atom stereocenters. The molecule has 0 radical (unpaired) electrons. The lowest BCUT2D eigenvalue weighted by atomic mass is 10.3. The molecule has 0 saturated heterocycles. The van der Waals surface area contributed by atoms with Gasteiger partial charge in [-0.2, -0.15) is 0 Å². The summed E-state index contributed by atoms with van der Waals surface area (Å²) in [5, 5.41) is 0. The van der Waals surface area contributed by atoms with E-state index in [9.17, 15) is 4.79 Å². The number of hydrogen-bond acceptors (Lipinski definition) is 3. The maximum absolute atomic E-state index is 10.4. The molecule has 0 aliphatic carbocycles. The molecule has 0 heterocycles. The SMILES string of the molecule is CCCC(=O)OCC.CN(C)C. The quantitative estimate of drug-likeness (QED) is 0.609. The van der Waals surface area contributed by atoms with Crippen molar-refractivity contribution >= 4 is 5.97 Å². The molecule has 3 heteroatoms. The molecule has 0 aliphatic heterocycles. The number of ether oxygens (including phenoxy) is 1. The number of carbonyl (C=O) groups excluding carboxylic acids is 1. The van der Waals surface area contributed by atoms with Crippen molar-refractivity contribution in [1.82, 2.24) is 4.90 Å². The first kappa shape index (κ1) is 14.0. The van der Waals surface area contributed by atoms with Crippen LogP contribution in [0.4, 0.5) is 0 Å². The molecular weight excluding hydrogens is 154 g/mol. The molecule has 0 spiro atoms. The van der Waals surface area contributed by atoms with Crippen LogP contribution in [0.3, 0.4) is 0 Å². The van der Waals surface area contributed by atoms with Gasteiger partial charge in [0.05, 0.1) is 6.61 Å². The molecule has 0 fully saturated rings. The van der Waals surface area contributed by atoms with E-state index in [0.717, 1.165) is 6.42 Å². The fourth-order valence-electron chi connectivity index (χ4n) is 0.437. The minimum Gasteiger partial charge on any atom is -0.466 e. The first-order valence-corrected chi connectivity index (χ1v) is 4.31. The van der Waals surface area contributed by atoms with E-state index < -0.39 is 0 Å². The van der Waals surface area contributed by atoms with Gasteiger partial charge in [-0.05, 0) is 34.5 Å². The molecule has 12 heavy (non-hydrogen) atoms. The van der Waals surface area contributed by atoms with Crippen LogP contribution in [0.15, 0.2) is 0 Å². The molecule has 0 N–H and O–H groups in total. The fraction of sp³-hybridized carbons (Fsp3) is 0.889. The smallest absolute Gasteiger partial charge is 0.305 e. The number of rotatable bonds is 3. The van der Waals surface area contributed by atoms with E-state index in [-0.39, 0.29) is 5.97 Å². The summed E-state index contributed by atoms with van der Waals surface area (Å²) in [6.45, 7) is 4.27. The van der Waals surface area contributed by atoms with Crippen LogP contribution in [0.2, 0.25) is 0 Å². The van der Waals surface area contributed by atoms with Gasteiger partial charge in [0.15, 0.2) is 0 Å². The van der Waals surface area contributed by atoms with Crippen LogP contribution in [0, 0.1) is 0 Å². The molecule has 74 valence electrons. The van der Waals surface area contributed by atoms with E-state index in [1.807, 2.05) is 39.9 Å². The number of nitrogens with zero attached hydrogens (tertiary/aromatic N) is 1. The predicted octanol–water partition coefficient (Wildman–Crippen LogP) is 1.53. The normalized spacial score (nSPS) is 8.83. The molecular formula is C9H21NO2. The third kappa shape index (κ3) is 22.7. The maximum Gasteiger partial charge on any atom is 0.305 e. The highest BCUT2D eigenvalue weighted by molar-refractivity contribution is 5.69.